The van der Waals surface area contributed by atoms with E-state index in [4.69, 9.17) is 10.0 Å². The molecule has 0 fully saturated rings. The largest absolute Gasteiger partial charge is 0.499 e. The molecular weight excluding hydrogens is 213 g/mol. The van der Waals surface area contributed by atoms with Gasteiger partial charge in [0.05, 0.1) is 4.88 Å². The minimum absolute atomic E-state index is 0.0584. The molecule has 0 aliphatic rings. The minimum Gasteiger partial charge on any atom is -0.423 e. The molecule has 0 radical (unpaired) electrons. The number of nitrogens with zero attached hydrogens (tertiary/aromatic N) is 1. The Kier molecular flexibility index (Phi) is 4.32. The molecule has 0 bridgehead atoms. The van der Waals surface area contributed by atoms with Gasteiger partial charge in [-0.25, -0.2) is 0 Å². The number of hydrogen-bond donors (Lipinski definition) is 2. The predicted molar refractivity (Wildman–Crippen MR) is 61.4 cm³/mol. The Morgan fingerprint density at radius 1 is 1.40 bits per heavy atom. The molecule has 82 valence electrons. The Bertz CT molecular complexity index is 336. The van der Waals surface area contributed by atoms with E-state index in [9.17, 15) is 4.79 Å². The molecule has 1 heterocycles. The Labute approximate surface area is 93.3 Å². The summed E-state index contributed by atoms with van der Waals surface area (Å²) >= 11 is 1.12. The third-order valence-electron chi connectivity index (χ3n) is 2.14. The van der Waals surface area contributed by atoms with Crippen LogP contribution >= 0.6 is 11.3 Å². The van der Waals surface area contributed by atoms with Crippen molar-refractivity contribution < 1.29 is 14.8 Å². The van der Waals surface area contributed by atoms with Gasteiger partial charge in [0.25, 0.3) is 5.91 Å². The molecule has 0 saturated carbocycles. The lowest BCUT2D eigenvalue weighted by atomic mass is 9.90. The van der Waals surface area contributed by atoms with Crippen LogP contribution in [0.1, 0.15) is 23.5 Å². The standard InChI is InChI=1S/C9H14BNO3S/c1-3-11(4-2)9(12)7-5-6-8(15-7)10(13)14/h5-6,13-14H,3-4H2,1-2H3. The highest BCUT2D eigenvalue weighted by Crippen LogP contribution is 2.10. The lowest BCUT2D eigenvalue weighted by molar-refractivity contribution is 0.0778. The number of amides is 1. The third kappa shape index (κ3) is 2.81. The summed E-state index contributed by atoms with van der Waals surface area (Å²) in [5, 5.41) is 17.8. The second-order valence-electron chi connectivity index (χ2n) is 3.05. The Hall–Kier alpha value is -0.845. The van der Waals surface area contributed by atoms with Crippen LogP contribution in [0, 0.1) is 0 Å². The van der Waals surface area contributed by atoms with E-state index in [1.165, 1.54) is 0 Å². The molecule has 0 atom stereocenters. The third-order valence-corrected chi connectivity index (χ3v) is 3.26. The summed E-state index contributed by atoms with van der Waals surface area (Å²) in [4.78, 5) is 14.1. The summed E-state index contributed by atoms with van der Waals surface area (Å²) in [6, 6.07) is 3.19. The van der Waals surface area contributed by atoms with Crippen molar-refractivity contribution in [1.82, 2.24) is 4.90 Å². The van der Waals surface area contributed by atoms with Gasteiger partial charge in [0.1, 0.15) is 0 Å². The van der Waals surface area contributed by atoms with Gasteiger partial charge in [-0.3, -0.25) is 4.79 Å². The fourth-order valence-electron chi connectivity index (χ4n) is 1.27. The van der Waals surface area contributed by atoms with E-state index in [-0.39, 0.29) is 5.91 Å². The summed E-state index contributed by atoms with van der Waals surface area (Å²) in [6.45, 7) is 5.14. The van der Waals surface area contributed by atoms with Crippen molar-refractivity contribution in [3.63, 3.8) is 0 Å². The molecule has 0 aromatic carbocycles. The van der Waals surface area contributed by atoms with Gasteiger partial charge in [-0.1, -0.05) is 6.07 Å². The first-order valence-electron chi connectivity index (χ1n) is 4.85. The van der Waals surface area contributed by atoms with Crippen LogP contribution in [0.25, 0.3) is 0 Å². The molecular formula is C9H14BNO3S. The molecule has 2 N–H and O–H groups in total. The summed E-state index contributed by atoms with van der Waals surface area (Å²) in [5.41, 5.74) is 0. The zero-order valence-electron chi connectivity index (χ0n) is 8.80. The van der Waals surface area contributed by atoms with Gasteiger partial charge in [-0.15, -0.1) is 11.3 Å². The van der Waals surface area contributed by atoms with Crippen molar-refractivity contribution in [2.45, 2.75) is 13.8 Å². The normalized spacial score (nSPS) is 10.1. The van der Waals surface area contributed by atoms with E-state index >= 15 is 0 Å². The molecule has 6 heteroatoms. The molecule has 1 rings (SSSR count). The van der Waals surface area contributed by atoms with Crippen molar-refractivity contribution in [2.24, 2.45) is 0 Å². The molecule has 0 unspecified atom stereocenters. The van der Waals surface area contributed by atoms with Crippen LogP contribution in [0.2, 0.25) is 0 Å². The highest BCUT2D eigenvalue weighted by Gasteiger charge is 2.19. The number of carbonyl (C=O) groups is 1. The summed E-state index contributed by atoms with van der Waals surface area (Å²) in [5.74, 6) is -0.0584. The van der Waals surface area contributed by atoms with Gasteiger partial charge in [0, 0.05) is 17.9 Å². The second-order valence-corrected chi connectivity index (χ2v) is 4.17. The van der Waals surface area contributed by atoms with Gasteiger partial charge in [0.2, 0.25) is 0 Å². The summed E-state index contributed by atoms with van der Waals surface area (Å²) in [6.07, 6.45) is 0. The number of rotatable bonds is 4. The van der Waals surface area contributed by atoms with Crippen molar-refractivity contribution in [1.29, 1.82) is 0 Å². The number of thiophene rings is 1. The number of carbonyl (C=O) groups excluding carboxylic acids is 1. The molecule has 4 nitrogen and oxygen atoms in total. The maximum Gasteiger partial charge on any atom is 0.499 e. The second kappa shape index (κ2) is 5.30. The maximum atomic E-state index is 11.8. The molecule has 0 spiro atoms. The van der Waals surface area contributed by atoms with Gasteiger partial charge in [-0.05, 0) is 19.9 Å². The highest BCUT2D eigenvalue weighted by atomic mass is 32.1. The van der Waals surface area contributed by atoms with Crippen molar-refractivity contribution >= 4 is 29.1 Å². The van der Waals surface area contributed by atoms with E-state index in [0.717, 1.165) is 11.3 Å². The fourth-order valence-corrected chi connectivity index (χ4v) is 2.12. The first-order chi connectivity index (χ1) is 7.10. The van der Waals surface area contributed by atoms with Crippen molar-refractivity contribution in [3.05, 3.63) is 17.0 Å². The van der Waals surface area contributed by atoms with Crippen molar-refractivity contribution in [2.75, 3.05) is 13.1 Å². The lowest BCUT2D eigenvalue weighted by Crippen LogP contribution is -2.30. The molecule has 15 heavy (non-hydrogen) atoms. The van der Waals surface area contributed by atoms with Crippen LogP contribution in [0.3, 0.4) is 0 Å². The monoisotopic (exact) mass is 227 g/mol. The van der Waals surface area contributed by atoms with Crippen LogP contribution in [-0.4, -0.2) is 41.1 Å². The smallest absolute Gasteiger partial charge is 0.423 e. The zero-order valence-corrected chi connectivity index (χ0v) is 9.62. The minimum atomic E-state index is -1.49. The van der Waals surface area contributed by atoms with E-state index < -0.39 is 7.12 Å². The van der Waals surface area contributed by atoms with Crippen LogP contribution in [0.15, 0.2) is 12.1 Å². The van der Waals surface area contributed by atoms with Crippen LogP contribution in [0.4, 0.5) is 0 Å². The topological polar surface area (TPSA) is 60.8 Å². The molecule has 0 aliphatic carbocycles. The molecule has 0 saturated heterocycles. The summed E-state index contributed by atoms with van der Waals surface area (Å²) < 4.78 is 0.394. The fraction of sp³-hybridized carbons (Fsp3) is 0.444. The average molecular weight is 227 g/mol. The van der Waals surface area contributed by atoms with E-state index in [1.54, 1.807) is 17.0 Å². The SMILES string of the molecule is CCN(CC)C(=O)c1ccc(B(O)O)s1. The van der Waals surface area contributed by atoms with E-state index in [0.29, 0.717) is 22.7 Å². The average Bonchev–Trinajstić information content (AvgIpc) is 2.68. The van der Waals surface area contributed by atoms with Crippen molar-refractivity contribution in [3.8, 4) is 0 Å². The predicted octanol–water partition coefficient (Wildman–Crippen LogP) is -0.0901. The van der Waals surface area contributed by atoms with Gasteiger partial charge in [0.15, 0.2) is 0 Å². The Morgan fingerprint density at radius 3 is 2.40 bits per heavy atom. The quantitative estimate of drug-likeness (QED) is 0.706. The first-order valence-corrected chi connectivity index (χ1v) is 5.66. The van der Waals surface area contributed by atoms with Gasteiger partial charge in [-0.2, -0.15) is 0 Å². The molecule has 0 aliphatic heterocycles. The van der Waals surface area contributed by atoms with Crippen LogP contribution in [-0.2, 0) is 0 Å². The first kappa shape index (κ1) is 12.2. The zero-order chi connectivity index (χ0) is 11.4. The summed E-state index contributed by atoms with van der Waals surface area (Å²) in [7, 11) is -1.49. The van der Waals surface area contributed by atoms with Crippen LogP contribution < -0.4 is 4.78 Å². The van der Waals surface area contributed by atoms with Crippen LogP contribution in [0.5, 0.6) is 0 Å². The molecule has 1 aromatic rings. The number of hydrogen-bond acceptors (Lipinski definition) is 4. The highest BCUT2D eigenvalue weighted by molar-refractivity contribution is 7.23. The van der Waals surface area contributed by atoms with Gasteiger partial charge < -0.3 is 14.9 Å². The Morgan fingerprint density at radius 2 is 2.00 bits per heavy atom. The van der Waals surface area contributed by atoms with E-state index in [2.05, 4.69) is 0 Å². The van der Waals surface area contributed by atoms with E-state index in [1.807, 2.05) is 13.8 Å². The molecule has 1 aromatic heterocycles. The molecule has 1 amide bonds. The lowest BCUT2D eigenvalue weighted by Gasteiger charge is -2.17. The van der Waals surface area contributed by atoms with Gasteiger partial charge >= 0.3 is 7.12 Å². The maximum absolute atomic E-state index is 11.8. The Balaban J connectivity index is 2.82.